The minimum atomic E-state index is -1.28. The average molecular weight is 466 g/mol. The molecular weight excluding hydrogens is 430 g/mol. The Morgan fingerprint density at radius 1 is 0.818 bits per heavy atom. The zero-order valence-corrected chi connectivity index (χ0v) is 20.3. The van der Waals surface area contributed by atoms with Crippen molar-refractivity contribution in [2.24, 2.45) is 0 Å². The summed E-state index contributed by atoms with van der Waals surface area (Å²) < 4.78 is 15.5. The number of ether oxygens (including phenoxy) is 3. The summed E-state index contributed by atoms with van der Waals surface area (Å²) >= 11 is 0. The fourth-order valence-corrected chi connectivity index (χ4v) is 2.50. The topological polar surface area (TPSA) is 132 Å². The summed E-state index contributed by atoms with van der Waals surface area (Å²) in [7, 11) is 0. The van der Waals surface area contributed by atoms with E-state index < -0.39 is 53.9 Å². The molecule has 0 aliphatic carbocycles. The van der Waals surface area contributed by atoms with Crippen molar-refractivity contribution in [3.8, 4) is 0 Å². The number of hydrogen-bond donors (Lipinski definition) is 3. The summed E-state index contributed by atoms with van der Waals surface area (Å²) in [5, 5.41) is 7.36. The summed E-state index contributed by atoms with van der Waals surface area (Å²) in [6.07, 6.45) is -2.88. The van der Waals surface area contributed by atoms with E-state index in [1.807, 2.05) is 30.3 Å². The fourth-order valence-electron chi connectivity index (χ4n) is 2.50. The van der Waals surface area contributed by atoms with E-state index in [0.29, 0.717) is 0 Å². The van der Waals surface area contributed by atoms with Crippen LogP contribution >= 0.6 is 0 Å². The van der Waals surface area contributed by atoms with Gasteiger partial charge in [0.25, 0.3) is 0 Å². The number of carbonyl (C=O) groups excluding carboxylic acids is 4. The molecule has 0 aliphatic rings. The Hall–Kier alpha value is -3.30. The van der Waals surface area contributed by atoms with Gasteiger partial charge in [-0.1, -0.05) is 30.3 Å². The third kappa shape index (κ3) is 13.0. The highest BCUT2D eigenvalue weighted by molar-refractivity contribution is 5.90. The van der Waals surface area contributed by atoms with Gasteiger partial charge >= 0.3 is 18.2 Å². The molecule has 0 fully saturated rings. The van der Waals surface area contributed by atoms with Crippen LogP contribution in [0.15, 0.2) is 30.3 Å². The van der Waals surface area contributed by atoms with Crippen LogP contribution in [0.5, 0.6) is 0 Å². The van der Waals surface area contributed by atoms with E-state index in [-0.39, 0.29) is 6.61 Å². The lowest BCUT2D eigenvalue weighted by Gasteiger charge is -2.25. The Kier molecular flexibility index (Phi) is 10.2. The van der Waals surface area contributed by atoms with E-state index in [9.17, 15) is 19.2 Å². The van der Waals surface area contributed by atoms with Crippen molar-refractivity contribution in [1.82, 2.24) is 16.0 Å². The van der Waals surface area contributed by atoms with Crippen LogP contribution in [0.1, 0.15) is 60.5 Å². The number of rotatable bonds is 8. The summed E-state index contributed by atoms with van der Waals surface area (Å²) in [5.74, 6) is -1.39. The highest BCUT2D eigenvalue weighted by atomic mass is 16.6. The quantitative estimate of drug-likeness (QED) is 0.305. The monoisotopic (exact) mass is 465 g/mol. The van der Waals surface area contributed by atoms with Gasteiger partial charge in [0.2, 0.25) is 5.91 Å². The van der Waals surface area contributed by atoms with Crippen LogP contribution in [0, 0.1) is 0 Å². The van der Waals surface area contributed by atoms with Gasteiger partial charge in [0.15, 0.2) is 0 Å². The highest BCUT2D eigenvalue weighted by Gasteiger charge is 2.29. The van der Waals surface area contributed by atoms with Gasteiger partial charge in [-0.15, -0.1) is 0 Å². The third-order valence-electron chi connectivity index (χ3n) is 3.70. The zero-order valence-electron chi connectivity index (χ0n) is 20.3. The van der Waals surface area contributed by atoms with E-state index in [4.69, 9.17) is 14.2 Å². The van der Waals surface area contributed by atoms with Gasteiger partial charge in [0.1, 0.15) is 30.0 Å². The molecule has 2 atom stereocenters. The summed E-state index contributed by atoms with van der Waals surface area (Å²) in [4.78, 5) is 49.1. The van der Waals surface area contributed by atoms with Crippen LogP contribution in [0.2, 0.25) is 0 Å². The number of nitrogens with one attached hydrogen (secondary N) is 3. The van der Waals surface area contributed by atoms with Crippen molar-refractivity contribution in [2.45, 2.75) is 84.9 Å². The lowest BCUT2D eigenvalue weighted by atomic mass is 10.1. The SMILES string of the molecule is C[C@@H](NC(=O)OCc1ccccc1)NC(=O)[C@H](CC(=O)OC(C)(C)C)NC(=O)OC(C)(C)C. The number of alkyl carbamates (subject to hydrolysis) is 2. The number of amides is 3. The second-order valence-corrected chi connectivity index (χ2v) is 9.43. The molecule has 0 saturated heterocycles. The predicted octanol–water partition coefficient (Wildman–Crippen LogP) is 3.00. The summed E-state index contributed by atoms with van der Waals surface area (Å²) in [6, 6.07) is 7.83. The molecule has 3 amide bonds. The average Bonchev–Trinajstić information content (AvgIpc) is 2.63. The molecule has 0 saturated carbocycles. The number of benzene rings is 1. The van der Waals surface area contributed by atoms with Crippen LogP contribution < -0.4 is 16.0 Å². The molecule has 0 radical (unpaired) electrons. The van der Waals surface area contributed by atoms with Crippen molar-refractivity contribution in [2.75, 3.05) is 0 Å². The highest BCUT2D eigenvalue weighted by Crippen LogP contribution is 2.11. The first-order chi connectivity index (χ1) is 15.1. The van der Waals surface area contributed by atoms with Crippen LogP contribution in [-0.4, -0.2) is 47.5 Å². The zero-order chi connectivity index (χ0) is 25.2. The normalized spacial score (nSPS) is 13.2. The van der Waals surface area contributed by atoms with Gasteiger partial charge < -0.3 is 30.2 Å². The number of carbonyl (C=O) groups is 4. The molecule has 1 aromatic rings. The van der Waals surface area contributed by atoms with Gasteiger partial charge in [0.05, 0.1) is 6.42 Å². The Morgan fingerprint density at radius 3 is 1.94 bits per heavy atom. The Morgan fingerprint density at radius 2 is 1.39 bits per heavy atom. The number of hydrogen-bond acceptors (Lipinski definition) is 7. The lowest BCUT2D eigenvalue weighted by Crippen LogP contribution is -2.54. The largest absolute Gasteiger partial charge is 0.460 e. The Bertz CT molecular complexity index is 784. The maximum absolute atomic E-state index is 12.7. The van der Waals surface area contributed by atoms with Crippen molar-refractivity contribution >= 4 is 24.1 Å². The first kappa shape index (κ1) is 27.7. The van der Waals surface area contributed by atoms with Gasteiger partial charge in [-0.25, -0.2) is 9.59 Å². The van der Waals surface area contributed by atoms with Crippen LogP contribution in [-0.2, 0) is 30.4 Å². The maximum atomic E-state index is 12.7. The molecule has 33 heavy (non-hydrogen) atoms. The Labute approximate surface area is 194 Å². The van der Waals surface area contributed by atoms with E-state index >= 15 is 0 Å². The molecule has 0 bridgehead atoms. The number of esters is 1. The van der Waals surface area contributed by atoms with Crippen LogP contribution in [0.4, 0.5) is 9.59 Å². The smallest absolute Gasteiger partial charge is 0.409 e. The van der Waals surface area contributed by atoms with E-state index in [2.05, 4.69) is 16.0 Å². The molecule has 184 valence electrons. The molecular formula is C23H35N3O7. The molecule has 1 rings (SSSR count). The van der Waals surface area contributed by atoms with Gasteiger partial charge in [-0.3, -0.25) is 9.59 Å². The molecule has 0 spiro atoms. The first-order valence-electron chi connectivity index (χ1n) is 10.6. The Balaban J connectivity index is 2.70. The van der Waals surface area contributed by atoms with Crippen molar-refractivity contribution in [3.05, 3.63) is 35.9 Å². The minimum absolute atomic E-state index is 0.0643. The van der Waals surface area contributed by atoms with Crippen LogP contribution in [0.25, 0.3) is 0 Å². The maximum Gasteiger partial charge on any atom is 0.409 e. The fraction of sp³-hybridized carbons (Fsp3) is 0.565. The summed E-state index contributed by atoms with van der Waals surface area (Å²) in [6.45, 7) is 11.7. The molecule has 0 heterocycles. The minimum Gasteiger partial charge on any atom is -0.460 e. The van der Waals surface area contributed by atoms with Gasteiger partial charge in [0, 0.05) is 0 Å². The molecule has 10 nitrogen and oxygen atoms in total. The molecule has 0 aromatic heterocycles. The first-order valence-corrected chi connectivity index (χ1v) is 10.6. The predicted molar refractivity (Wildman–Crippen MR) is 121 cm³/mol. The van der Waals surface area contributed by atoms with E-state index in [0.717, 1.165) is 5.56 Å². The van der Waals surface area contributed by atoms with Crippen molar-refractivity contribution in [1.29, 1.82) is 0 Å². The molecule has 10 heteroatoms. The van der Waals surface area contributed by atoms with Gasteiger partial charge in [-0.05, 0) is 54.0 Å². The standard InChI is InChI=1S/C23H35N3O7/c1-15(25-20(29)31-14-16-11-9-8-10-12-16)24-19(28)17(13-18(27)32-22(2,3)4)26-21(30)33-23(5,6)7/h8-12,15,17H,13-14H2,1-7H3,(H,24,28)(H,25,29)(H,26,30)/t15-,17+/m1/s1. The molecule has 3 N–H and O–H groups in total. The summed E-state index contributed by atoms with van der Waals surface area (Å²) in [5.41, 5.74) is -0.751. The molecule has 1 aromatic carbocycles. The van der Waals surface area contributed by atoms with E-state index in [1.54, 1.807) is 41.5 Å². The van der Waals surface area contributed by atoms with Crippen molar-refractivity contribution in [3.63, 3.8) is 0 Å². The van der Waals surface area contributed by atoms with Gasteiger partial charge in [-0.2, -0.15) is 0 Å². The molecule has 0 aliphatic heterocycles. The second-order valence-electron chi connectivity index (χ2n) is 9.43. The third-order valence-corrected chi connectivity index (χ3v) is 3.70. The molecule has 0 unspecified atom stereocenters. The van der Waals surface area contributed by atoms with Crippen molar-refractivity contribution < 1.29 is 33.4 Å². The second kappa shape index (κ2) is 12.1. The van der Waals surface area contributed by atoms with E-state index in [1.165, 1.54) is 6.92 Å². The lowest BCUT2D eigenvalue weighted by molar-refractivity contribution is -0.156. The van der Waals surface area contributed by atoms with Crippen LogP contribution in [0.3, 0.4) is 0 Å².